The number of fused-ring (bicyclic) bond motifs is 2. The number of hydrogen-bond donors (Lipinski definition) is 3. The molecule has 3 aromatic carbocycles. The first-order chi connectivity index (χ1) is 22.3. The highest BCUT2D eigenvalue weighted by Crippen LogP contribution is 2.34. The van der Waals surface area contributed by atoms with E-state index in [0.717, 1.165) is 86.9 Å². The van der Waals surface area contributed by atoms with Gasteiger partial charge in [0.1, 0.15) is 5.82 Å². The van der Waals surface area contributed by atoms with Gasteiger partial charge in [-0.3, -0.25) is 9.67 Å². The number of morpholine rings is 1. The van der Waals surface area contributed by atoms with Crippen molar-refractivity contribution in [2.24, 2.45) is 0 Å². The van der Waals surface area contributed by atoms with E-state index in [9.17, 15) is 5.11 Å². The first-order valence-corrected chi connectivity index (χ1v) is 16.3. The molecule has 1 saturated heterocycles. The standard InChI is InChI=1S/C36H37N7O2S/c1-24-30(11-12-33-32(24)22-39-43(33)23-36(2,3)44)35-31-20-34(38-21-25(31)13-14-37-35)40-26-7-9-29(10-8-26)46-41-27-5-4-6-28(19-27)42-15-17-45-18-16-42/h4-14,19-22,41,44H,15-18,23H2,1-3H3,(H,38,40). The third kappa shape index (κ3) is 6.50. The largest absolute Gasteiger partial charge is 0.389 e. The number of nitrogens with zero attached hydrogens (tertiary/aromatic N) is 5. The van der Waals surface area contributed by atoms with Gasteiger partial charge in [0.05, 0.1) is 42.8 Å². The third-order valence-electron chi connectivity index (χ3n) is 8.17. The molecule has 3 aromatic heterocycles. The maximum atomic E-state index is 10.3. The molecule has 4 heterocycles. The minimum absolute atomic E-state index is 0.419. The molecule has 0 amide bonds. The Bertz CT molecular complexity index is 2000. The zero-order valence-corrected chi connectivity index (χ0v) is 27.0. The fourth-order valence-electron chi connectivity index (χ4n) is 5.85. The van der Waals surface area contributed by atoms with Crippen LogP contribution in [0.15, 0.2) is 96.3 Å². The van der Waals surface area contributed by atoms with Crippen LogP contribution in [0.3, 0.4) is 0 Å². The Morgan fingerprint density at radius 3 is 2.54 bits per heavy atom. The second kappa shape index (κ2) is 12.6. The predicted octanol–water partition coefficient (Wildman–Crippen LogP) is 7.43. The van der Waals surface area contributed by atoms with Gasteiger partial charge in [-0.15, -0.1) is 0 Å². The van der Waals surface area contributed by atoms with E-state index in [4.69, 9.17) is 9.72 Å². The maximum Gasteiger partial charge on any atom is 0.130 e. The topological polar surface area (TPSA) is 100 Å². The normalized spacial score (nSPS) is 13.8. The monoisotopic (exact) mass is 631 g/mol. The minimum Gasteiger partial charge on any atom is -0.389 e. The lowest BCUT2D eigenvalue weighted by molar-refractivity contribution is 0.0591. The van der Waals surface area contributed by atoms with Crippen LogP contribution in [0.1, 0.15) is 19.4 Å². The zero-order valence-electron chi connectivity index (χ0n) is 26.2. The number of aryl methyl sites for hydroxylation is 1. The number of aliphatic hydroxyl groups is 1. The number of hydrogen-bond acceptors (Lipinski definition) is 9. The number of pyridine rings is 2. The van der Waals surface area contributed by atoms with Gasteiger partial charge in [-0.2, -0.15) is 5.10 Å². The second-order valence-corrected chi connectivity index (χ2v) is 13.1. The lowest BCUT2D eigenvalue weighted by Gasteiger charge is -2.29. The van der Waals surface area contributed by atoms with Crippen molar-refractivity contribution < 1.29 is 9.84 Å². The first-order valence-electron chi connectivity index (χ1n) is 15.5. The SMILES string of the molecule is Cc1c(-c2nccc3cnc(Nc4ccc(SNc5cccc(N6CCOCC6)c5)cc4)cc23)ccc2c1cnn2CC(C)(C)O. The predicted molar refractivity (Wildman–Crippen MR) is 188 cm³/mol. The summed E-state index contributed by atoms with van der Waals surface area (Å²) < 4.78 is 10.8. The molecule has 234 valence electrons. The molecule has 1 aliphatic rings. The van der Waals surface area contributed by atoms with Crippen LogP contribution in [0.25, 0.3) is 32.9 Å². The van der Waals surface area contributed by atoms with Crippen LogP contribution in [-0.4, -0.2) is 56.8 Å². The number of rotatable bonds is 9. The van der Waals surface area contributed by atoms with E-state index in [1.54, 1.807) is 25.8 Å². The molecule has 0 atom stereocenters. The minimum atomic E-state index is -0.856. The molecule has 0 saturated carbocycles. The van der Waals surface area contributed by atoms with E-state index < -0.39 is 5.60 Å². The molecule has 46 heavy (non-hydrogen) atoms. The molecule has 0 unspecified atom stereocenters. The Hall–Kier alpha value is -4.64. The van der Waals surface area contributed by atoms with Crippen LogP contribution in [0.2, 0.25) is 0 Å². The van der Waals surface area contributed by atoms with Crippen molar-refractivity contribution in [3.63, 3.8) is 0 Å². The summed E-state index contributed by atoms with van der Waals surface area (Å²) >= 11 is 1.59. The Morgan fingerprint density at radius 2 is 1.74 bits per heavy atom. The molecule has 7 rings (SSSR count). The summed E-state index contributed by atoms with van der Waals surface area (Å²) in [5.41, 5.74) is 6.40. The smallest absolute Gasteiger partial charge is 0.130 e. The van der Waals surface area contributed by atoms with Gasteiger partial charge < -0.3 is 24.8 Å². The fourth-order valence-corrected chi connectivity index (χ4v) is 6.48. The Labute approximate surface area is 272 Å². The number of aromatic nitrogens is 4. The summed E-state index contributed by atoms with van der Waals surface area (Å²) in [4.78, 5) is 13.0. The average Bonchev–Trinajstić information content (AvgIpc) is 3.47. The quantitative estimate of drug-likeness (QED) is 0.141. The van der Waals surface area contributed by atoms with Gasteiger partial charge in [0.25, 0.3) is 0 Å². The molecule has 9 nitrogen and oxygen atoms in total. The summed E-state index contributed by atoms with van der Waals surface area (Å²) in [6, 6.07) is 25.0. The van der Waals surface area contributed by atoms with Crippen LogP contribution >= 0.6 is 11.9 Å². The molecular formula is C36H37N7O2S. The van der Waals surface area contributed by atoms with Crippen molar-refractivity contribution in [2.45, 2.75) is 37.8 Å². The van der Waals surface area contributed by atoms with Crippen LogP contribution in [0, 0.1) is 6.92 Å². The Kier molecular flexibility index (Phi) is 8.25. The molecule has 0 spiro atoms. The van der Waals surface area contributed by atoms with Crippen molar-refractivity contribution in [3.8, 4) is 11.3 Å². The van der Waals surface area contributed by atoms with Crippen LogP contribution < -0.4 is 14.9 Å². The van der Waals surface area contributed by atoms with Crippen molar-refractivity contribution in [1.29, 1.82) is 0 Å². The number of ether oxygens (including phenoxy) is 1. The van der Waals surface area contributed by atoms with E-state index in [-0.39, 0.29) is 0 Å². The van der Waals surface area contributed by atoms with E-state index in [0.29, 0.717) is 6.54 Å². The molecule has 6 aromatic rings. The molecule has 10 heteroatoms. The second-order valence-electron chi connectivity index (χ2n) is 12.2. The van der Waals surface area contributed by atoms with Gasteiger partial charge in [-0.25, -0.2) is 4.98 Å². The van der Waals surface area contributed by atoms with E-state index >= 15 is 0 Å². The van der Waals surface area contributed by atoms with Crippen molar-refractivity contribution in [3.05, 3.63) is 97.0 Å². The Morgan fingerprint density at radius 1 is 0.913 bits per heavy atom. The summed E-state index contributed by atoms with van der Waals surface area (Å²) in [5, 5.41) is 21.4. The van der Waals surface area contributed by atoms with Gasteiger partial charge in [-0.05, 0) is 98.9 Å². The molecule has 0 bridgehead atoms. The lowest BCUT2D eigenvalue weighted by atomic mass is 9.98. The first kappa shape index (κ1) is 30.0. The number of anilines is 4. The fraction of sp³-hybridized carbons (Fsp3) is 0.250. The van der Waals surface area contributed by atoms with Gasteiger partial charge in [0.15, 0.2) is 0 Å². The van der Waals surface area contributed by atoms with Crippen molar-refractivity contribution in [2.75, 3.05) is 41.2 Å². The molecule has 1 aliphatic heterocycles. The van der Waals surface area contributed by atoms with Gasteiger partial charge in [0, 0.05) is 69.2 Å². The molecule has 0 radical (unpaired) electrons. The Balaban J connectivity index is 1.07. The summed E-state index contributed by atoms with van der Waals surface area (Å²) in [7, 11) is 0. The lowest BCUT2D eigenvalue weighted by Crippen LogP contribution is -2.36. The summed E-state index contributed by atoms with van der Waals surface area (Å²) in [5.74, 6) is 0.747. The number of benzene rings is 3. The third-order valence-corrected chi connectivity index (χ3v) is 9.02. The highest BCUT2D eigenvalue weighted by atomic mass is 32.2. The van der Waals surface area contributed by atoms with Gasteiger partial charge in [0.2, 0.25) is 0 Å². The van der Waals surface area contributed by atoms with Crippen molar-refractivity contribution >= 4 is 56.5 Å². The summed E-state index contributed by atoms with van der Waals surface area (Å²) in [6.07, 6.45) is 5.59. The van der Waals surface area contributed by atoms with Crippen LogP contribution in [0.4, 0.5) is 22.9 Å². The molecule has 1 fully saturated rings. The average molecular weight is 632 g/mol. The van der Waals surface area contributed by atoms with Crippen LogP contribution in [-0.2, 0) is 11.3 Å². The highest BCUT2D eigenvalue weighted by Gasteiger charge is 2.18. The van der Waals surface area contributed by atoms with E-state index in [2.05, 4.69) is 98.7 Å². The molecule has 0 aliphatic carbocycles. The van der Waals surface area contributed by atoms with E-state index in [1.165, 1.54) is 5.69 Å². The maximum absolute atomic E-state index is 10.3. The van der Waals surface area contributed by atoms with Crippen LogP contribution in [0.5, 0.6) is 0 Å². The highest BCUT2D eigenvalue weighted by molar-refractivity contribution is 8.00. The zero-order chi connectivity index (χ0) is 31.7. The van der Waals surface area contributed by atoms with Gasteiger partial charge >= 0.3 is 0 Å². The van der Waals surface area contributed by atoms with Gasteiger partial charge in [-0.1, -0.05) is 12.1 Å². The molecular weight excluding hydrogens is 595 g/mol. The number of nitrogens with one attached hydrogen (secondary N) is 2. The molecule has 3 N–H and O–H groups in total. The van der Waals surface area contributed by atoms with Crippen molar-refractivity contribution in [1.82, 2.24) is 19.7 Å². The summed E-state index contributed by atoms with van der Waals surface area (Å²) in [6.45, 7) is 9.48. The van der Waals surface area contributed by atoms with E-state index in [1.807, 2.05) is 29.3 Å².